The number of quaternary nitrogens is 1. The molecule has 0 spiro atoms. The number of aliphatic hydroxyl groups excluding tert-OH is 1. The molecule has 0 saturated carbocycles. The molecule has 3 unspecified atom stereocenters. The highest BCUT2D eigenvalue weighted by atomic mass is 31.2. The van der Waals surface area contributed by atoms with E-state index in [1.165, 1.54) is 141 Å². The number of nitrogens with zero attached hydrogens (tertiary/aromatic N) is 1. The monoisotopic (exact) mass is 1160 g/mol. The summed E-state index contributed by atoms with van der Waals surface area (Å²) in [4.78, 5) is 25.6. The molecule has 0 rings (SSSR count). The number of likely N-dealkylation sites (N-methyl/N-ethyl adjacent to an activating group) is 1. The van der Waals surface area contributed by atoms with E-state index in [9.17, 15) is 19.4 Å². The first-order valence-electron chi connectivity index (χ1n) is 33.2. The number of rotatable bonds is 59. The second-order valence-electron chi connectivity index (χ2n) is 23.1. The van der Waals surface area contributed by atoms with Gasteiger partial charge in [0.25, 0.3) is 7.82 Å². The van der Waals surface area contributed by atoms with Gasteiger partial charge in [0.1, 0.15) is 13.2 Å². The summed E-state index contributed by atoms with van der Waals surface area (Å²) < 4.78 is 23.4. The molecular formula is C73H125N2O6P. The number of allylic oxidation sites excluding steroid dienone is 23. The number of carbonyl (C=O) groups is 1. The molecule has 0 saturated heterocycles. The smallest absolute Gasteiger partial charge is 0.268 e. The number of unbranched alkanes of at least 4 members (excludes halogenated alkanes) is 24. The molecule has 0 aromatic carbocycles. The summed E-state index contributed by atoms with van der Waals surface area (Å²) in [6.45, 7) is 4.46. The number of nitrogens with one attached hydrogen (secondary N) is 1. The third kappa shape index (κ3) is 64.0. The Hall–Kier alpha value is -3.62. The van der Waals surface area contributed by atoms with Gasteiger partial charge < -0.3 is 28.8 Å². The van der Waals surface area contributed by atoms with E-state index in [1.807, 2.05) is 27.2 Å². The van der Waals surface area contributed by atoms with Gasteiger partial charge in [-0.15, -0.1) is 0 Å². The van der Waals surface area contributed by atoms with Crippen LogP contribution in [0.25, 0.3) is 0 Å². The van der Waals surface area contributed by atoms with Crippen molar-refractivity contribution in [3.8, 4) is 0 Å². The number of hydrogen-bond acceptors (Lipinski definition) is 6. The minimum atomic E-state index is -4.64. The molecule has 0 aliphatic carbocycles. The van der Waals surface area contributed by atoms with Gasteiger partial charge in [-0.3, -0.25) is 9.36 Å². The zero-order chi connectivity index (χ0) is 59.8. The summed E-state index contributed by atoms with van der Waals surface area (Å²) in [7, 11) is 1.18. The zero-order valence-corrected chi connectivity index (χ0v) is 54.3. The van der Waals surface area contributed by atoms with Crippen LogP contribution in [0.4, 0.5) is 0 Å². The van der Waals surface area contributed by atoms with E-state index in [1.54, 1.807) is 6.08 Å². The minimum absolute atomic E-state index is 0.0284. The minimum Gasteiger partial charge on any atom is -0.756 e. The van der Waals surface area contributed by atoms with Crippen LogP contribution in [0, 0.1) is 0 Å². The van der Waals surface area contributed by atoms with Gasteiger partial charge in [-0.1, -0.05) is 288 Å². The maximum atomic E-state index is 13.0. The van der Waals surface area contributed by atoms with E-state index in [0.29, 0.717) is 23.9 Å². The van der Waals surface area contributed by atoms with Crippen molar-refractivity contribution in [2.75, 3.05) is 40.9 Å². The van der Waals surface area contributed by atoms with Crippen molar-refractivity contribution < 1.29 is 32.9 Å². The van der Waals surface area contributed by atoms with Gasteiger partial charge in [0, 0.05) is 6.42 Å². The highest BCUT2D eigenvalue weighted by molar-refractivity contribution is 7.45. The molecule has 9 heteroatoms. The van der Waals surface area contributed by atoms with Crippen LogP contribution >= 0.6 is 7.82 Å². The lowest BCUT2D eigenvalue weighted by Gasteiger charge is -2.29. The Labute approximate surface area is 506 Å². The maximum Gasteiger partial charge on any atom is 0.268 e. The number of aliphatic hydroxyl groups is 1. The molecule has 0 aromatic rings. The lowest BCUT2D eigenvalue weighted by molar-refractivity contribution is -0.870. The van der Waals surface area contributed by atoms with Crippen molar-refractivity contribution >= 4 is 13.7 Å². The topological polar surface area (TPSA) is 108 Å². The van der Waals surface area contributed by atoms with E-state index in [-0.39, 0.29) is 18.9 Å². The number of phosphoric acid groups is 1. The predicted molar refractivity (Wildman–Crippen MR) is 357 cm³/mol. The lowest BCUT2D eigenvalue weighted by atomic mass is 10.0. The lowest BCUT2D eigenvalue weighted by Crippen LogP contribution is -2.45. The molecule has 8 nitrogen and oxygen atoms in total. The Balaban J connectivity index is 4.33. The second kappa shape index (κ2) is 61.9. The van der Waals surface area contributed by atoms with E-state index >= 15 is 0 Å². The Bertz CT molecular complexity index is 1840. The molecule has 0 bridgehead atoms. The Kier molecular flexibility index (Phi) is 59.2. The summed E-state index contributed by atoms with van der Waals surface area (Å²) in [5.74, 6) is -0.273. The van der Waals surface area contributed by atoms with Crippen LogP contribution in [-0.2, 0) is 18.4 Å². The quantitative estimate of drug-likeness (QED) is 0.0272. The van der Waals surface area contributed by atoms with Crippen molar-refractivity contribution in [1.29, 1.82) is 0 Å². The van der Waals surface area contributed by atoms with Gasteiger partial charge in [0.15, 0.2) is 0 Å². The van der Waals surface area contributed by atoms with Crippen molar-refractivity contribution in [2.24, 2.45) is 0 Å². The molecule has 0 heterocycles. The third-order valence-electron chi connectivity index (χ3n) is 14.0. The van der Waals surface area contributed by atoms with Crippen LogP contribution < -0.4 is 10.2 Å². The molecule has 0 aliphatic rings. The fourth-order valence-corrected chi connectivity index (χ4v) is 9.62. The van der Waals surface area contributed by atoms with Gasteiger partial charge in [0.2, 0.25) is 5.91 Å². The largest absolute Gasteiger partial charge is 0.756 e. The van der Waals surface area contributed by atoms with Crippen LogP contribution in [0.5, 0.6) is 0 Å². The van der Waals surface area contributed by atoms with Crippen molar-refractivity contribution in [1.82, 2.24) is 5.32 Å². The van der Waals surface area contributed by atoms with Crippen LogP contribution in [0.15, 0.2) is 146 Å². The average Bonchev–Trinajstić information content (AvgIpc) is 3.47. The average molecular weight is 1160 g/mol. The normalized spacial score (nSPS) is 14.7. The number of carbonyl (C=O) groups excluding carboxylic acids is 1. The SMILES string of the molecule is CC/C=C\C/C=C\C/C=C\C/C=C\C/C=C\C/C=C\C/C=C\C/C=C\C/C=C\CCCC(=O)NC(COP(=O)([O-])OCC[N+](C)(C)C)C(O)/C=C/CC/C=C/CC/C=C/CCCCCCCCCCCCCCCCCCCCCCC. The molecule has 1 amide bonds. The first kappa shape index (κ1) is 78.4. The van der Waals surface area contributed by atoms with Crippen LogP contribution in [-0.4, -0.2) is 68.5 Å². The fourth-order valence-electron chi connectivity index (χ4n) is 8.89. The second-order valence-corrected chi connectivity index (χ2v) is 24.5. The molecule has 468 valence electrons. The van der Waals surface area contributed by atoms with Crippen LogP contribution in [0.1, 0.15) is 258 Å². The summed E-state index contributed by atoms with van der Waals surface area (Å²) >= 11 is 0. The van der Waals surface area contributed by atoms with E-state index < -0.39 is 26.6 Å². The highest BCUT2D eigenvalue weighted by Gasteiger charge is 2.23. The summed E-state index contributed by atoms with van der Waals surface area (Å²) in [6.07, 6.45) is 95.5. The molecule has 3 atom stereocenters. The molecule has 2 N–H and O–H groups in total. The number of phosphoric ester groups is 1. The standard InChI is InChI=1S/C73H125N2O6P/c1-6-8-10-12-14-16-18-20-22-24-26-28-30-32-34-36-37-39-40-42-44-46-48-50-52-54-56-58-60-62-64-66-72(76)71(70-81-82(78,79)80-69-68-75(3,4)5)74-73(77)67-65-63-61-59-57-55-53-51-49-47-45-43-41-38-35-33-31-29-27-25-23-21-19-17-15-13-11-9-7-2/h9,11,15,17,21,23,27,29,33,35,41,43,47-50,53,55-56,58-59,61,64,66,71-72,76H,6-8,10,12-14,16,18-20,22,24-26,28,30-32,34,36-40,42,44-46,51-52,54,57,60,62-63,65,67-70H2,1-5H3,(H-,74,77,78,79)/b11-9-,17-15-,23-21-,29-27-,35-33-,43-41-,49-47-,50-48+,55-53-,58-56+,61-59-,66-64+. The first-order chi connectivity index (χ1) is 40.0. The Morgan fingerprint density at radius 1 is 0.439 bits per heavy atom. The molecule has 0 fully saturated rings. The Morgan fingerprint density at radius 3 is 1.13 bits per heavy atom. The molecule has 0 aromatic heterocycles. The Morgan fingerprint density at radius 2 is 0.756 bits per heavy atom. The molecule has 0 aliphatic heterocycles. The summed E-state index contributed by atoms with van der Waals surface area (Å²) in [5, 5.41) is 13.9. The highest BCUT2D eigenvalue weighted by Crippen LogP contribution is 2.38. The van der Waals surface area contributed by atoms with Gasteiger partial charge >= 0.3 is 0 Å². The van der Waals surface area contributed by atoms with Gasteiger partial charge in [-0.05, 0) is 109 Å². The van der Waals surface area contributed by atoms with E-state index in [2.05, 4.69) is 153 Å². The van der Waals surface area contributed by atoms with Gasteiger partial charge in [0.05, 0.1) is 39.9 Å². The predicted octanol–water partition coefficient (Wildman–Crippen LogP) is 20.6. The van der Waals surface area contributed by atoms with E-state index in [0.717, 1.165) is 83.5 Å². The maximum absolute atomic E-state index is 13.0. The summed E-state index contributed by atoms with van der Waals surface area (Å²) in [6, 6.07) is -0.954. The van der Waals surface area contributed by atoms with Crippen LogP contribution in [0.2, 0.25) is 0 Å². The third-order valence-corrected chi connectivity index (χ3v) is 15.0. The van der Waals surface area contributed by atoms with Crippen LogP contribution in [0.3, 0.4) is 0 Å². The van der Waals surface area contributed by atoms with Crippen molar-refractivity contribution in [3.63, 3.8) is 0 Å². The van der Waals surface area contributed by atoms with Gasteiger partial charge in [-0.25, -0.2) is 0 Å². The molecular weight excluding hydrogens is 1030 g/mol. The fraction of sp³-hybridized carbons (Fsp3) is 0.658. The summed E-state index contributed by atoms with van der Waals surface area (Å²) in [5.41, 5.74) is 0. The van der Waals surface area contributed by atoms with E-state index in [4.69, 9.17) is 9.05 Å². The molecule has 82 heavy (non-hydrogen) atoms. The van der Waals surface area contributed by atoms with Crippen molar-refractivity contribution in [3.05, 3.63) is 146 Å². The van der Waals surface area contributed by atoms with Gasteiger partial charge in [-0.2, -0.15) is 0 Å². The van der Waals surface area contributed by atoms with Crippen molar-refractivity contribution in [2.45, 2.75) is 270 Å². The zero-order valence-electron chi connectivity index (χ0n) is 53.4. The molecule has 0 radical (unpaired) electrons. The first-order valence-corrected chi connectivity index (χ1v) is 34.7. The number of amides is 1. The number of hydrogen-bond donors (Lipinski definition) is 2.